The predicted octanol–water partition coefficient (Wildman–Crippen LogP) is 3.80. The van der Waals surface area contributed by atoms with Crippen molar-refractivity contribution in [3.8, 4) is 0 Å². The van der Waals surface area contributed by atoms with Crippen LogP contribution in [0.25, 0.3) is 0 Å². The van der Waals surface area contributed by atoms with Gasteiger partial charge in [0.2, 0.25) is 0 Å². The van der Waals surface area contributed by atoms with Crippen LogP contribution in [0.3, 0.4) is 0 Å². The van der Waals surface area contributed by atoms with Gasteiger partial charge in [-0.25, -0.2) is 0 Å². The summed E-state index contributed by atoms with van der Waals surface area (Å²) in [5.74, 6) is 0. The number of hydrogen-bond acceptors (Lipinski definition) is 0. The largest absolute Gasteiger partial charge is 0.0890 e. The molecule has 70 valence electrons. The van der Waals surface area contributed by atoms with Gasteiger partial charge >= 0.3 is 66.5 Å². The quantitative estimate of drug-likeness (QED) is 0.589. The average molecular weight is 274 g/mol. The maximum absolute atomic E-state index is 2.27. The maximum atomic E-state index is 2.27. The minimum Gasteiger partial charge on any atom is -0.0890 e. The molecule has 0 bridgehead atoms. The molecule has 0 N–H and O–H groups in total. The molecule has 0 aromatic heterocycles. The smallest absolute Gasteiger partial charge is 0.0442 e. The summed E-state index contributed by atoms with van der Waals surface area (Å²) < 4.78 is 1.35. The van der Waals surface area contributed by atoms with Crippen molar-refractivity contribution in [2.24, 2.45) is 0 Å². The molecule has 0 radical (unpaired) electrons. The van der Waals surface area contributed by atoms with Crippen molar-refractivity contribution in [3.05, 3.63) is 17.8 Å². The van der Waals surface area contributed by atoms with Crippen LogP contribution in [0.1, 0.15) is 42.0 Å². The van der Waals surface area contributed by atoms with Gasteiger partial charge in [-0.05, 0) is 20.8 Å². The Kier molecular flexibility index (Phi) is 22.3. The molecule has 0 saturated carbocycles. The summed E-state index contributed by atoms with van der Waals surface area (Å²) in [7, 11) is 0. The van der Waals surface area contributed by atoms with E-state index in [0.717, 1.165) is 0 Å². The monoisotopic (exact) mass is 274 g/mol. The summed E-state index contributed by atoms with van der Waals surface area (Å²) in [6.45, 7) is 10.3. The first-order chi connectivity index (χ1) is 4.54. The van der Waals surface area contributed by atoms with E-state index >= 15 is 0 Å². The van der Waals surface area contributed by atoms with Gasteiger partial charge in [-0.1, -0.05) is 19.1 Å². The Morgan fingerprint density at radius 3 is 1.18 bits per heavy atom. The normalized spacial score (nSPS) is 8.82. The third-order valence-electron chi connectivity index (χ3n) is 0.975. The zero-order chi connectivity index (χ0) is 8.57. The van der Waals surface area contributed by atoms with Crippen LogP contribution in [-0.2, 0) is 0 Å². The number of rotatable bonds is 0. The van der Waals surface area contributed by atoms with Crippen molar-refractivity contribution in [2.75, 3.05) is 0 Å². The van der Waals surface area contributed by atoms with E-state index in [1.807, 2.05) is 13.8 Å². The van der Waals surface area contributed by atoms with Gasteiger partial charge in [-0.3, -0.25) is 0 Å². The molecule has 0 nitrogen and oxygen atoms in total. The Morgan fingerprint density at radius 1 is 1.00 bits per heavy atom. The van der Waals surface area contributed by atoms with Crippen molar-refractivity contribution in [3.63, 3.8) is 0 Å². The van der Waals surface area contributed by atoms with Gasteiger partial charge < -0.3 is 0 Å². The van der Waals surface area contributed by atoms with Gasteiger partial charge in [0.05, 0.1) is 0 Å². The van der Waals surface area contributed by atoms with E-state index in [-0.39, 0.29) is 7.43 Å². The third-order valence-corrected chi connectivity index (χ3v) is 1.60. The van der Waals surface area contributed by atoms with E-state index in [4.69, 9.17) is 0 Å². The molecule has 1 heteroatoms. The fourth-order valence-corrected chi connectivity index (χ4v) is 0. The molecule has 0 unspecified atom stereocenters. The Morgan fingerprint density at radius 2 is 1.18 bits per heavy atom. The molecule has 0 rings (SSSR count). The Hall–Kier alpha value is 1.05. The van der Waals surface area contributed by atoms with E-state index in [0.29, 0.717) is 0 Å². The number of allylic oxidation sites excluding steroid dienone is 4. The van der Waals surface area contributed by atoms with E-state index in [1.54, 1.807) is 0 Å². The average Bonchev–Trinajstić information content (AvgIpc) is 1.89. The van der Waals surface area contributed by atoms with E-state index in [9.17, 15) is 0 Å². The standard InChI is InChI=1S/C5H10.C4H8Xe.CH4/c1-4-5(2)3;1-3-4(2)5;/h4H,1-3H3;3,5H,1-2H3;1H4/b;4-3+;. The second-order valence-corrected chi connectivity index (χ2v) is 3.94. The minimum absolute atomic E-state index is 0. The van der Waals surface area contributed by atoms with Crippen LogP contribution >= 0.6 is 0 Å². The SMILES string of the molecule is C.C/C=C(\C)[XeH].CC=C(C)C. The van der Waals surface area contributed by atoms with E-state index in [1.165, 1.54) is 5.61 Å². The van der Waals surface area contributed by atoms with Crippen molar-refractivity contribution in [1.29, 1.82) is 0 Å². The molecule has 0 aliphatic heterocycles. The molecule has 0 heterocycles. The molecule has 0 aromatic carbocycles. The third kappa shape index (κ3) is 35.5. The van der Waals surface area contributed by atoms with Gasteiger partial charge in [0, 0.05) is 0 Å². The summed E-state index contributed by atoms with van der Waals surface area (Å²) >= 11 is 2.27. The maximum Gasteiger partial charge on any atom is -0.0442 e. The molecule has 0 aromatic rings. The fraction of sp³-hybridized carbons (Fsp3) is 0.600. The second kappa shape index (κ2) is 13.6. The topological polar surface area (TPSA) is 0 Å². The predicted molar refractivity (Wildman–Crippen MR) is 52.7 cm³/mol. The van der Waals surface area contributed by atoms with Crippen LogP contribution in [0, 0.1) is 46.5 Å². The van der Waals surface area contributed by atoms with Crippen molar-refractivity contribution >= 4 is 0 Å². The van der Waals surface area contributed by atoms with Crippen LogP contribution in [-0.4, -0.2) is 0 Å². The Balaban J connectivity index is -0.000000107. The summed E-state index contributed by atoms with van der Waals surface area (Å²) in [5.41, 5.74) is 1.38. The fourth-order valence-electron chi connectivity index (χ4n) is 0. The van der Waals surface area contributed by atoms with Crippen LogP contribution in [0.4, 0.5) is 0 Å². The van der Waals surface area contributed by atoms with Crippen LogP contribution in [0.15, 0.2) is 17.8 Å². The molecule has 0 aliphatic rings. The molecule has 0 saturated heterocycles. The minimum atomic E-state index is 0. The molecule has 11 heavy (non-hydrogen) atoms. The molecule has 0 amide bonds. The van der Waals surface area contributed by atoms with Gasteiger partial charge in [-0.15, -0.1) is 0 Å². The Bertz CT molecular complexity index is 96.8. The van der Waals surface area contributed by atoms with Crippen molar-refractivity contribution < 1.29 is 46.5 Å². The van der Waals surface area contributed by atoms with Crippen molar-refractivity contribution in [1.82, 2.24) is 0 Å². The molecule has 0 aliphatic carbocycles. The summed E-state index contributed by atoms with van der Waals surface area (Å²) in [4.78, 5) is 0. The van der Waals surface area contributed by atoms with Crippen LogP contribution in [0.5, 0.6) is 0 Å². The van der Waals surface area contributed by atoms with E-state index in [2.05, 4.69) is 79.5 Å². The van der Waals surface area contributed by atoms with Crippen LogP contribution in [0.2, 0.25) is 0 Å². The zero-order valence-corrected chi connectivity index (χ0v) is 9.69. The van der Waals surface area contributed by atoms with Crippen LogP contribution < -0.4 is 0 Å². The first kappa shape index (κ1) is 18.0. The first-order valence-corrected chi connectivity index (χ1v) is 4.50. The molecular formula is C10H22Xe. The van der Waals surface area contributed by atoms with Gasteiger partial charge in [0.15, 0.2) is 0 Å². The van der Waals surface area contributed by atoms with Gasteiger partial charge in [0.25, 0.3) is 0 Å². The molecule has 0 spiro atoms. The summed E-state index contributed by atoms with van der Waals surface area (Å²) in [6, 6.07) is 0. The summed E-state index contributed by atoms with van der Waals surface area (Å²) in [6.07, 6.45) is 4.15. The van der Waals surface area contributed by atoms with Gasteiger partial charge in [0.1, 0.15) is 0 Å². The van der Waals surface area contributed by atoms with Crippen molar-refractivity contribution in [2.45, 2.75) is 42.0 Å². The summed E-state index contributed by atoms with van der Waals surface area (Å²) in [5, 5.41) is 0. The molecule has 0 atom stereocenters. The Labute approximate surface area is 105 Å². The number of hydrogen-bond donors (Lipinski definition) is 0. The molecular weight excluding hydrogens is 251 g/mol. The molecule has 0 fully saturated rings. The first-order valence-electron chi connectivity index (χ1n) is 3.42. The second-order valence-electron chi connectivity index (χ2n) is 2.24. The zero-order valence-electron chi connectivity index (χ0n) is 7.53. The van der Waals surface area contributed by atoms with Gasteiger partial charge in [-0.2, -0.15) is 0 Å². The van der Waals surface area contributed by atoms with E-state index < -0.39 is 0 Å².